The zero-order valence-corrected chi connectivity index (χ0v) is 22.2. The van der Waals surface area contributed by atoms with Gasteiger partial charge in [0.15, 0.2) is 0 Å². The Morgan fingerprint density at radius 2 is 1.81 bits per heavy atom. The van der Waals surface area contributed by atoms with Crippen LogP contribution >= 0.6 is 31.9 Å². The summed E-state index contributed by atoms with van der Waals surface area (Å²) in [5.74, 6) is -1.04. The van der Waals surface area contributed by atoms with E-state index in [-0.39, 0.29) is 5.75 Å². The van der Waals surface area contributed by atoms with Crippen LogP contribution < -0.4 is 16.4 Å². The van der Waals surface area contributed by atoms with E-state index in [9.17, 15) is 14.7 Å². The Hall–Kier alpha value is -3.81. The molecule has 3 aromatic rings. The van der Waals surface area contributed by atoms with Crippen LogP contribution in [0.15, 0.2) is 81.8 Å². The number of phenols is 1. The fourth-order valence-corrected chi connectivity index (χ4v) is 4.53. The number of nitrogens with one attached hydrogen (secondary N) is 2. The molecular formula is C26H22Br2N4O4. The molecular weight excluding hydrogens is 592 g/mol. The van der Waals surface area contributed by atoms with E-state index in [0.29, 0.717) is 37.1 Å². The van der Waals surface area contributed by atoms with Gasteiger partial charge in [-0.25, -0.2) is 4.79 Å². The van der Waals surface area contributed by atoms with E-state index >= 15 is 0 Å². The van der Waals surface area contributed by atoms with Gasteiger partial charge in [0, 0.05) is 21.6 Å². The van der Waals surface area contributed by atoms with Gasteiger partial charge in [0.25, 0.3) is 0 Å². The number of rotatable bonds is 7. The van der Waals surface area contributed by atoms with Crippen LogP contribution in [0.25, 0.3) is 0 Å². The first-order valence-corrected chi connectivity index (χ1v) is 12.3. The van der Waals surface area contributed by atoms with Crippen LogP contribution in [-0.2, 0) is 9.53 Å². The highest BCUT2D eigenvalue weighted by Crippen LogP contribution is 2.40. The van der Waals surface area contributed by atoms with Crippen LogP contribution in [0.1, 0.15) is 24.2 Å². The van der Waals surface area contributed by atoms with Gasteiger partial charge in [-0.3, -0.25) is 10.1 Å². The van der Waals surface area contributed by atoms with E-state index in [1.165, 1.54) is 6.08 Å². The monoisotopic (exact) mass is 612 g/mol. The Bertz CT molecular complexity index is 1340. The fourth-order valence-electron chi connectivity index (χ4n) is 3.27. The molecule has 5 N–H and O–H groups in total. The fraction of sp³-hybridized carbons (Fsp3) is 0.115. The van der Waals surface area contributed by atoms with Crippen molar-refractivity contribution in [2.24, 2.45) is 5.92 Å². The average Bonchev–Trinajstić information content (AvgIpc) is 2.85. The van der Waals surface area contributed by atoms with Crippen LogP contribution in [0.3, 0.4) is 0 Å². The lowest BCUT2D eigenvalue weighted by Crippen LogP contribution is -2.22. The van der Waals surface area contributed by atoms with Gasteiger partial charge in [0.05, 0.1) is 27.5 Å². The molecule has 0 heterocycles. The largest absolute Gasteiger partial charge is 0.506 e. The number of carbonyl (C=O) groups is 2. The second kappa shape index (κ2) is 12.2. The summed E-state index contributed by atoms with van der Waals surface area (Å²) in [5, 5.41) is 24.9. The normalized spacial score (nSPS) is 12.4. The predicted molar refractivity (Wildman–Crippen MR) is 145 cm³/mol. The number of nitriles is 1. The van der Waals surface area contributed by atoms with Gasteiger partial charge in [-0.2, -0.15) is 5.26 Å². The number of phenolic OH excluding ortho intramolecular Hbond substituents is 1. The molecule has 36 heavy (non-hydrogen) atoms. The molecule has 0 aliphatic rings. The third-order valence-corrected chi connectivity index (χ3v) is 6.17. The Balaban J connectivity index is 1.82. The lowest BCUT2D eigenvalue weighted by atomic mass is 9.96. The summed E-state index contributed by atoms with van der Waals surface area (Å²) < 4.78 is 6.75. The van der Waals surface area contributed by atoms with E-state index in [2.05, 4.69) is 42.5 Å². The first-order valence-electron chi connectivity index (χ1n) is 10.7. The molecule has 0 spiro atoms. The number of benzene rings is 3. The van der Waals surface area contributed by atoms with E-state index in [0.717, 1.165) is 0 Å². The van der Waals surface area contributed by atoms with Crippen LogP contribution in [0.4, 0.5) is 21.9 Å². The number of ether oxygens (including phenoxy) is 1. The number of halogens is 2. The molecule has 0 radical (unpaired) electrons. The van der Waals surface area contributed by atoms with Gasteiger partial charge < -0.3 is 20.9 Å². The molecule has 184 valence electrons. The number of nitrogens with two attached hydrogens (primary N) is 1. The molecule has 3 rings (SSSR count). The molecule has 10 heteroatoms. The van der Waals surface area contributed by atoms with Crippen molar-refractivity contribution in [3.8, 4) is 11.8 Å². The lowest BCUT2D eigenvalue weighted by molar-refractivity contribution is -0.111. The zero-order chi connectivity index (χ0) is 26.2. The van der Waals surface area contributed by atoms with Crippen molar-refractivity contribution in [3.63, 3.8) is 0 Å². The van der Waals surface area contributed by atoms with E-state index < -0.39 is 24.0 Å². The van der Waals surface area contributed by atoms with Gasteiger partial charge in [0.1, 0.15) is 11.9 Å². The minimum Gasteiger partial charge on any atom is -0.506 e. The summed E-state index contributed by atoms with van der Waals surface area (Å²) in [5.41, 5.74) is 7.98. The van der Waals surface area contributed by atoms with Gasteiger partial charge in [-0.15, -0.1) is 0 Å². The van der Waals surface area contributed by atoms with Crippen molar-refractivity contribution in [2.45, 2.75) is 13.0 Å². The summed E-state index contributed by atoms with van der Waals surface area (Å²) >= 11 is 6.68. The summed E-state index contributed by atoms with van der Waals surface area (Å²) in [6.45, 7) is 1.74. The van der Waals surface area contributed by atoms with E-state index in [4.69, 9.17) is 15.7 Å². The Morgan fingerprint density at radius 1 is 1.11 bits per heavy atom. The molecule has 0 aromatic heterocycles. The quantitative estimate of drug-likeness (QED) is 0.177. The van der Waals surface area contributed by atoms with Gasteiger partial charge >= 0.3 is 6.09 Å². The van der Waals surface area contributed by atoms with Gasteiger partial charge in [-0.05, 0) is 70.5 Å². The molecule has 0 aliphatic carbocycles. The summed E-state index contributed by atoms with van der Waals surface area (Å²) in [7, 11) is 0. The predicted octanol–water partition coefficient (Wildman–Crippen LogP) is 6.49. The Kier molecular flexibility index (Phi) is 9.11. The molecule has 2 atom stereocenters. The molecule has 2 amide bonds. The van der Waals surface area contributed by atoms with Gasteiger partial charge in [-0.1, -0.05) is 41.1 Å². The Morgan fingerprint density at radius 3 is 2.47 bits per heavy atom. The number of para-hydroxylation sites is 2. The zero-order valence-electron chi connectivity index (χ0n) is 19.0. The van der Waals surface area contributed by atoms with Crippen LogP contribution in [-0.4, -0.2) is 17.1 Å². The van der Waals surface area contributed by atoms with E-state index in [1.807, 2.05) is 6.07 Å². The summed E-state index contributed by atoms with van der Waals surface area (Å²) in [6.07, 6.45) is 1.16. The number of anilines is 3. The number of nitrogen functional groups attached to an aromatic ring is 1. The van der Waals surface area contributed by atoms with Crippen molar-refractivity contribution >= 4 is 60.9 Å². The summed E-state index contributed by atoms with van der Waals surface area (Å²) in [6, 6.07) is 18.4. The van der Waals surface area contributed by atoms with Crippen molar-refractivity contribution in [1.82, 2.24) is 0 Å². The molecule has 0 saturated carbocycles. The number of nitrogens with zero attached hydrogens (tertiary/aromatic N) is 1. The molecule has 8 nitrogen and oxygen atoms in total. The standard InChI is InChI=1S/C26H22Br2N4O4/c1-15(6-11-23(33)32-22-5-3-2-4-21(22)30)25(19-12-17(27)13-20(28)24(19)34)36-26(35)31-18-9-7-16(14-29)8-10-18/h2-13,15,25,34H,30H2,1H3,(H,31,35)(H,32,33)/b11-6+/t15-,25+/m0/s1. The van der Waals surface area contributed by atoms with E-state index in [1.54, 1.807) is 73.7 Å². The van der Waals surface area contributed by atoms with Gasteiger partial charge in [0.2, 0.25) is 5.91 Å². The number of aromatic hydroxyl groups is 1. The SMILES string of the molecule is C[C@@H](/C=C/C(=O)Nc1ccccc1N)[C@@H](OC(=O)Nc1ccc(C#N)cc1)c1cc(Br)cc(Br)c1O. The van der Waals surface area contributed by atoms with Crippen LogP contribution in [0.2, 0.25) is 0 Å². The van der Waals surface area contributed by atoms with Crippen molar-refractivity contribution in [2.75, 3.05) is 16.4 Å². The topological polar surface area (TPSA) is 137 Å². The van der Waals surface area contributed by atoms with Crippen LogP contribution in [0.5, 0.6) is 5.75 Å². The molecule has 3 aromatic carbocycles. The number of hydrogen-bond donors (Lipinski definition) is 4. The highest BCUT2D eigenvalue weighted by atomic mass is 79.9. The molecule has 0 unspecified atom stereocenters. The minimum absolute atomic E-state index is 0.101. The maximum absolute atomic E-state index is 12.7. The number of hydrogen-bond acceptors (Lipinski definition) is 6. The third kappa shape index (κ3) is 7.10. The second-order valence-electron chi connectivity index (χ2n) is 7.76. The molecule has 0 fully saturated rings. The average molecular weight is 614 g/mol. The molecule has 0 saturated heterocycles. The van der Waals surface area contributed by atoms with Crippen molar-refractivity contribution in [3.05, 3.63) is 92.9 Å². The third-order valence-electron chi connectivity index (χ3n) is 5.11. The maximum atomic E-state index is 12.7. The first-order chi connectivity index (χ1) is 17.2. The van der Waals surface area contributed by atoms with Crippen LogP contribution in [0, 0.1) is 17.2 Å². The summed E-state index contributed by atoms with van der Waals surface area (Å²) in [4.78, 5) is 25.2. The van der Waals surface area contributed by atoms with Crippen molar-refractivity contribution in [1.29, 1.82) is 5.26 Å². The minimum atomic E-state index is -0.956. The highest BCUT2D eigenvalue weighted by Gasteiger charge is 2.27. The number of carbonyl (C=O) groups excluding carboxylic acids is 2. The lowest BCUT2D eigenvalue weighted by Gasteiger charge is -2.24. The highest BCUT2D eigenvalue weighted by molar-refractivity contribution is 9.11. The first kappa shape index (κ1) is 26.8. The molecule has 0 aliphatic heterocycles. The molecule has 0 bridgehead atoms. The number of amides is 2. The second-order valence-corrected chi connectivity index (χ2v) is 9.53. The maximum Gasteiger partial charge on any atom is 0.412 e. The Labute approximate surface area is 225 Å². The smallest absolute Gasteiger partial charge is 0.412 e. The van der Waals surface area contributed by atoms with Crippen molar-refractivity contribution < 1.29 is 19.4 Å².